The van der Waals surface area contributed by atoms with Gasteiger partial charge in [-0.2, -0.15) is 0 Å². The number of pyridine rings is 1. The molecule has 0 saturated carbocycles. The molecule has 0 radical (unpaired) electrons. The summed E-state index contributed by atoms with van der Waals surface area (Å²) in [7, 11) is 0. The van der Waals surface area contributed by atoms with E-state index in [4.69, 9.17) is 0 Å². The normalized spacial score (nSPS) is 11.2. The van der Waals surface area contributed by atoms with E-state index in [-0.39, 0.29) is 0 Å². The Morgan fingerprint density at radius 2 is 2.36 bits per heavy atom. The van der Waals surface area contributed by atoms with Crippen LogP contribution in [-0.4, -0.2) is 4.98 Å². The van der Waals surface area contributed by atoms with Crippen LogP contribution in [-0.2, 0) is 0 Å². The molecule has 2 heteroatoms. The molecule has 2 heterocycles. The predicted octanol–water partition coefficient (Wildman–Crippen LogP) is 3.97. The number of hydrogen-bond donors (Lipinski definition) is 0. The van der Waals surface area contributed by atoms with Crippen LogP contribution in [0.5, 0.6) is 0 Å². The Hall–Kier alpha value is -1.41. The van der Waals surface area contributed by atoms with E-state index in [0.29, 0.717) is 0 Å². The first-order chi connectivity index (χ1) is 6.86. The molecule has 2 aromatic heterocycles. The molecule has 0 spiro atoms. The smallest absolute Gasteiger partial charge is 0.0888 e. The molecule has 1 nitrogen and oxygen atoms in total. The summed E-state index contributed by atoms with van der Waals surface area (Å²) in [6, 6.07) is 4.05. The predicted molar refractivity (Wildman–Crippen MR) is 64.4 cm³/mol. The molecular formula is C12H11NS. The van der Waals surface area contributed by atoms with Crippen molar-refractivity contribution in [3.05, 3.63) is 41.4 Å². The van der Waals surface area contributed by atoms with E-state index >= 15 is 0 Å². The van der Waals surface area contributed by atoms with E-state index in [1.807, 2.05) is 31.3 Å². The first-order valence-electron chi connectivity index (χ1n) is 4.49. The number of hydrogen-bond acceptors (Lipinski definition) is 2. The lowest BCUT2D eigenvalue weighted by Gasteiger charge is -1.90. The largest absolute Gasteiger partial charge is 0.255 e. The summed E-state index contributed by atoms with van der Waals surface area (Å²) in [6.45, 7) is 5.85. The van der Waals surface area contributed by atoms with Crippen molar-refractivity contribution in [2.24, 2.45) is 0 Å². The van der Waals surface area contributed by atoms with Crippen molar-refractivity contribution >= 4 is 33.7 Å². The molecule has 0 aromatic carbocycles. The fraction of sp³-hybridized carbons (Fsp3) is 0.0833. The minimum atomic E-state index is 1.06. The molecule has 0 bridgehead atoms. The van der Waals surface area contributed by atoms with Crippen LogP contribution in [0.25, 0.3) is 22.4 Å². The Morgan fingerprint density at radius 3 is 3.07 bits per heavy atom. The van der Waals surface area contributed by atoms with Gasteiger partial charge in [0.05, 0.1) is 10.2 Å². The summed E-state index contributed by atoms with van der Waals surface area (Å²) < 4.78 is 1.22. The quantitative estimate of drug-likeness (QED) is 0.716. The van der Waals surface area contributed by atoms with Gasteiger partial charge in [0.2, 0.25) is 0 Å². The van der Waals surface area contributed by atoms with Crippen molar-refractivity contribution in [1.82, 2.24) is 4.98 Å². The molecule has 0 atom stereocenters. The van der Waals surface area contributed by atoms with Crippen LogP contribution >= 0.6 is 11.3 Å². The maximum Gasteiger partial charge on any atom is 0.0888 e. The highest BCUT2D eigenvalue weighted by Gasteiger charge is 2.06. The Morgan fingerprint density at radius 1 is 1.50 bits per heavy atom. The average Bonchev–Trinajstić information content (AvgIpc) is 2.55. The first-order valence-corrected chi connectivity index (χ1v) is 5.31. The number of allylic oxidation sites excluding steroid dienone is 1. The van der Waals surface area contributed by atoms with E-state index in [2.05, 4.69) is 23.7 Å². The number of nitrogens with zero attached hydrogens (tertiary/aromatic N) is 1. The lowest BCUT2D eigenvalue weighted by Crippen LogP contribution is -1.75. The zero-order valence-electron chi connectivity index (χ0n) is 8.03. The zero-order chi connectivity index (χ0) is 9.97. The molecule has 0 aliphatic heterocycles. The monoisotopic (exact) mass is 201 g/mol. The van der Waals surface area contributed by atoms with E-state index < -0.39 is 0 Å². The van der Waals surface area contributed by atoms with Crippen molar-refractivity contribution in [2.45, 2.75) is 6.92 Å². The number of rotatable bonds is 2. The summed E-state index contributed by atoms with van der Waals surface area (Å²) in [4.78, 5) is 5.59. The highest BCUT2D eigenvalue weighted by molar-refractivity contribution is 7.20. The van der Waals surface area contributed by atoms with Gasteiger partial charge in [0.15, 0.2) is 0 Å². The van der Waals surface area contributed by atoms with E-state index in [1.54, 1.807) is 11.3 Å². The van der Waals surface area contributed by atoms with Crippen molar-refractivity contribution in [1.29, 1.82) is 0 Å². The summed E-state index contributed by atoms with van der Waals surface area (Å²) in [5.74, 6) is 0. The molecule has 0 saturated heterocycles. The van der Waals surface area contributed by atoms with Crippen LogP contribution in [0.4, 0.5) is 0 Å². The first kappa shape index (κ1) is 9.16. The fourth-order valence-electron chi connectivity index (χ4n) is 1.44. The van der Waals surface area contributed by atoms with Gasteiger partial charge >= 0.3 is 0 Å². The maximum absolute atomic E-state index is 4.36. The molecule has 14 heavy (non-hydrogen) atoms. The average molecular weight is 201 g/mol. The second kappa shape index (κ2) is 3.76. The Kier molecular flexibility index (Phi) is 2.46. The van der Waals surface area contributed by atoms with Crippen LogP contribution in [0.1, 0.15) is 17.4 Å². The summed E-state index contributed by atoms with van der Waals surface area (Å²) in [5, 5.41) is 0. The third-order valence-corrected chi connectivity index (χ3v) is 3.16. The van der Waals surface area contributed by atoms with E-state index in [9.17, 15) is 0 Å². The zero-order valence-corrected chi connectivity index (χ0v) is 8.84. The maximum atomic E-state index is 4.36. The minimum Gasteiger partial charge on any atom is -0.255 e. The third kappa shape index (κ3) is 1.38. The number of aromatic nitrogens is 1. The standard InChI is InChI=1S/C12H11NS/c1-3-6-10-9(4-2)12-11(14-10)7-5-8-13-12/h3-8H,2H2,1H3. The topological polar surface area (TPSA) is 12.9 Å². The van der Waals surface area contributed by atoms with Gasteiger partial charge in [0.25, 0.3) is 0 Å². The fourth-order valence-corrected chi connectivity index (χ4v) is 2.57. The summed E-state index contributed by atoms with van der Waals surface area (Å²) in [6.07, 6.45) is 7.84. The SMILES string of the molecule is C=Cc1c(C=CC)sc2cccnc12. The van der Waals surface area contributed by atoms with Gasteiger partial charge in [-0.1, -0.05) is 18.7 Å². The van der Waals surface area contributed by atoms with Gasteiger partial charge in [0, 0.05) is 16.6 Å². The molecule has 0 amide bonds. The molecule has 70 valence electrons. The minimum absolute atomic E-state index is 1.06. The Bertz CT molecular complexity index is 494. The molecule has 0 N–H and O–H groups in total. The van der Waals surface area contributed by atoms with Crippen LogP contribution in [0.2, 0.25) is 0 Å². The van der Waals surface area contributed by atoms with E-state index in [0.717, 1.165) is 11.1 Å². The van der Waals surface area contributed by atoms with Gasteiger partial charge in [-0.25, -0.2) is 0 Å². The Labute approximate surface area is 87.4 Å². The van der Waals surface area contributed by atoms with Gasteiger partial charge in [-0.15, -0.1) is 11.3 Å². The molecule has 0 fully saturated rings. The number of thiophene rings is 1. The number of fused-ring (bicyclic) bond motifs is 1. The van der Waals surface area contributed by atoms with Gasteiger partial charge in [0.1, 0.15) is 0 Å². The third-order valence-electron chi connectivity index (χ3n) is 2.03. The molecule has 2 aromatic rings. The highest BCUT2D eigenvalue weighted by Crippen LogP contribution is 2.31. The lowest BCUT2D eigenvalue weighted by atomic mass is 10.2. The van der Waals surface area contributed by atoms with Crippen molar-refractivity contribution in [3.63, 3.8) is 0 Å². The van der Waals surface area contributed by atoms with E-state index in [1.165, 1.54) is 9.58 Å². The van der Waals surface area contributed by atoms with Gasteiger partial charge in [-0.3, -0.25) is 4.98 Å². The molecule has 0 unspecified atom stereocenters. The van der Waals surface area contributed by atoms with Crippen LogP contribution < -0.4 is 0 Å². The molecule has 2 rings (SSSR count). The van der Waals surface area contributed by atoms with Crippen LogP contribution in [0.3, 0.4) is 0 Å². The van der Waals surface area contributed by atoms with Crippen LogP contribution in [0.15, 0.2) is 31.0 Å². The van der Waals surface area contributed by atoms with Crippen LogP contribution in [0, 0.1) is 0 Å². The molecule has 0 aliphatic rings. The molecule has 0 aliphatic carbocycles. The lowest BCUT2D eigenvalue weighted by molar-refractivity contribution is 1.42. The summed E-state index contributed by atoms with van der Waals surface area (Å²) in [5.41, 5.74) is 2.20. The second-order valence-corrected chi connectivity index (χ2v) is 4.02. The van der Waals surface area contributed by atoms with Gasteiger partial charge in [-0.05, 0) is 25.1 Å². The Balaban J connectivity index is 2.78. The van der Waals surface area contributed by atoms with Crippen molar-refractivity contribution in [3.8, 4) is 0 Å². The van der Waals surface area contributed by atoms with Crippen molar-refractivity contribution < 1.29 is 0 Å². The molecular weight excluding hydrogens is 190 g/mol. The summed E-state index contributed by atoms with van der Waals surface area (Å²) >= 11 is 1.75. The van der Waals surface area contributed by atoms with Crippen molar-refractivity contribution in [2.75, 3.05) is 0 Å². The second-order valence-electron chi connectivity index (χ2n) is 2.93. The highest BCUT2D eigenvalue weighted by atomic mass is 32.1. The van der Waals surface area contributed by atoms with Gasteiger partial charge < -0.3 is 0 Å².